The van der Waals surface area contributed by atoms with E-state index >= 15 is 0 Å². The van der Waals surface area contributed by atoms with Crippen molar-refractivity contribution < 1.29 is 18.8 Å². The minimum Gasteiger partial charge on any atom is -0.461 e. The van der Waals surface area contributed by atoms with Gasteiger partial charge in [-0.05, 0) is 44.2 Å². The molecule has 0 unspecified atom stereocenters. The Labute approximate surface area is 153 Å². The molecule has 1 aliphatic carbocycles. The first-order valence-corrected chi connectivity index (χ1v) is 9.79. The largest absolute Gasteiger partial charge is 0.461 e. The number of furan rings is 1. The number of piperidine rings is 1. The first-order chi connectivity index (χ1) is 12.6. The molecule has 2 amide bonds. The van der Waals surface area contributed by atoms with Crippen LogP contribution in [-0.4, -0.2) is 53.1 Å². The van der Waals surface area contributed by atoms with Gasteiger partial charge in [0.25, 0.3) is 11.7 Å². The monoisotopic (exact) mass is 358 g/mol. The molecule has 3 fully saturated rings. The van der Waals surface area contributed by atoms with Crippen molar-refractivity contribution >= 4 is 17.6 Å². The molecule has 3 aliphatic rings. The molecule has 3 heterocycles. The van der Waals surface area contributed by atoms with Crippen LogP contribution >= 0.6 is 0 Å². The summed E-state index contributed by atoms with van der Waals surface area (Å²) < 4.78 is 5.06. The zero-order valence-electron chi connectivity index (χ0n) is 15.1. The van der Waals surface area contributed by atoms with Gasteiger partial charge in [0.05, 0.1) is 11.7 Å². The van der Waals surface area contributed by atoms with E-state index in [0.717, 1.165) is 32.2 Å². The molecule has 1 atom stereocenters. The summed E-state index contributed by atoms with van der Waals surface area (Å²) in [6.07, 6.45) is 9.70. The second-order valence-electron chi connectivity index (χ2n) is 7.96. The number of hydrogen-bond acceptors (Lipinski definition) is 4. The molecule has 1 aromatic heterocycles. The second-order valence-corrected chi connectivity index (χ2v) is 7.96. The summed E-state index contributed by atoms with van der Waals surface area (Å²) in [5.41, 5.74) is -0.491. The highest BCUT2D eigenvalue weighted by molar-refractivity contribution is 6.42. The lowest BCUT2D eigenvalue weighted by atomic mass is 9.77. The molecule has 26 heavy (non-hydrogen) atoms. The van der Waals surface area contributed by atoms with Gasteiger partial charge in [-0.25, -0.2) is 0 Å². The van der Waals surface area contributed by atoms with Crippen LogP contribution in [-0.2, 0) is 9.59 Å². The molecule has 0 aromatic carbocycles. The lowest BCUT2D eigenvalue weighted by molar-refractivity contribution is -0.149. The Morgan fingerprint density at radius 3 is 2.62 bits per heavy atom. The summed E-state index contributed by atoms with van der Waals surface area (Å²) in [6.45, 7) is 1.67. The van der Waals surface area contributed by atoms with E-state index in [1.165, 1.54) is 31.6 Å². The Kier molecular flexibility index (Phi) is 4.59. The molecule has 140 valence electrons. The molecular weight excluding hydrogens is 332 g/mol. The highest BCUT2D eigenvalue weighted by atomic mass is 16.3. The van der Waals surface area contributed by atoms with Gasteiger partial charge < -0.3 is 14.2 Å². The SMILES string of the molecule is O=C(C(=O)N1CC[C@@]2(CCCN(C3CCCCC3)C2=O)C1)c1ccco1. The van der Waals surface area contributed by atoms with E-state index in [2.05, 4.69) is 4.90 Å². The zero-order chi connectivity index (χ0) is 18.1. The molecule has 6 nitrogen and oxygen atoms in total. The maximum Gasteiger partial charge on any atom is 0.298 e. The normalized spacial score (nSPS) is 27.3. The Hall–Kier alpha value is -2.11. The summed E-state index contributed by atoms with van der Waals surface area (Å²) in [4.78, 5) is 41.8. The zero-order valence-corrected chi connectivity index (χ0v) is 15.1. The number of ketones is 1. The van der Waals surface area contributed by atoms with Gasteiger partial charge in [-0.1, -0.05) is 19.3 Å². The van der Waals surface area contributed by atoms with E-state index in [1.54, 1.807) is 11.0 Å². The number of rotatable bonds is 3. The van der Waals surface area contributed by atoms with Gasteiger partial charge >= 0.3 is 0 Å². The van der Waals surface area contributed by atoms with Gasteiger partial charge in [0.2, 0.25) is 5.91 Å². The fraction of sp³-hybridized carbons (Fsp3) is 0.650. The lowest BCUT2D eigenvalue weighted by Crippen LogP contribution is -2.54. The van der Waals surface area contributed by atoms with Crippen LogP contribution in [0.5, 0.6) is 0 Å². The predicted molar refractivity (Wildman–Crippen MR) is 94.5 cm³/mol. The third-order valence-corrected chi connectivity index (χ3v) is 6.36. The maximum absolute atomic E-state index is 13.3. The highest BCUT2D eigenvalue weighted by Crippen LogP contribution is 2.42. The van der Waals surface area contributed by atoms with E-state index in [-0.39, 0.29) is 11.7 Å². The summed E-state index contributed by atoms with van der Waals surface area (Å²) in [5, 5.41) is 0. The average molecular weight is 358 g/mol. The molecule has 2 aliphatic heterocycles. The molecular formula is C20H26N2O4. The molecule has 1 aromatic rings. The molecule has 0 bridgehead atoms. The van der Waals surface area contributed by atoms with Crippen molar-refractivity contribution in [3.8, 4) is 0 Å². The van der Waals surface area contributed by atoms with Crippen molar-refractivity contribution in [1.82, 2.24) is 9.80 Å². The van der Waals surface area contributed by atoms with Crippen LogP contribution in [0.1, 0.15) is 61.9 Å². The molecule has 2 saturated heterocycles. The average Bonchev–Trinajstić information content (AvgIpc) is 3.35. The third kappa shape index (κ3) is 2.95. The minimum absolute atomic E-state index is 0.0646. The summed E-state index contributed by atoms with van der Waals surface area (Å²) >= 11 is 0. The van der Waals surface area contributed by atoms with Crippen molar-refractivity contribution in [1.29, 1.82) is 0 Å². The van der Waals surface area contributed by atoms with E-state index in [0.29, 0.717) is 25.6 Å². The van der Waals surface area contributed by atoms with Crippen LogP contribution < -0.4 is 0 Å². The number of carbonyl (C=O) groups is 3. The molecule has 1 spiro atoms. The highest BCUT2D eigenvalue weighted by Gasteiger charge is 2.51. The number of carbonyl (C=O) groups excluding carboxylic acids is 3. The van der Waals surface area contributed by atoms with Gasteiger partial charge in [0.15, 0.2) is 5.76 Å². The number of amides is 2. The van der Waals surface area contributed by atoms with Crippen molar-refractivity contribution in [2.75, 3.05) is 19.6 Å². The van der Waals surface area contributed by atoms with Gasteiger partial charge in [-0.15, -0.1) is 0 Å². The summed E-state index contributed by atoms with van der Waals surface area (Å²) in [6, 6.07) is 3.46. The van der Waals surface area contributed by atoms with Crippen LogP contribution in [0.4, 0.5) is 0 Å². The smallest absolute Gasteiger partial charge is 0.298 e. The minimum atomic E-state index is -0.626. The Morgan fingerprint density at radius 1 is 1.08 bits per heavy atom. The summed E-state index contributed by atoms with van der Waals surface area (Å²) in [7, 11) is 0. The quantitative estimate of drug-likeness (QED) is 0.615. The predicted octanol–water partition coefficient (Wildman–Crippen LogP) is 2.64. The first-order valence-electron chi connectivity index (χ1n) is 9.79. The van der Waals surface area contributed by atoms with Crippen LogP contribution in [0.15, 0.2) is 22.8 Å². The first kappa shape index (κ1) is 17.3. The van der Waals surface area contributed by atoms with Crippen LogP contribution in [0.2, 0.25) is 0 Å². The number of nitrogens with zero attached hydrogens (tertiary/aromatic N) is 2. The second kappa shape index (κ2) is 6.89. The summed E-state index contributed by atoms with van der Waals surface area (Å²) in [5.74, 6) is -0.912. The van der Waals surface area contributed by atoms with E-state index in [4.69, 9.17) is 4.42 Å². The Bertz CT molecular complexity index is 693. The van der Waals surface area contributed by atoms with Crippen molar-refractivity contribution in [3.63, 3.8) is 0 Å². The van der Waals surface area contributed by atoms with Gasteiger partial charge in [-0.3, -0.25) is 14.4 Å². The van der Waals surface area contributed by atoms with Crippen molar-refractivity contribution in [3.05, 3.63) is 24.2 Å². The van der Waals surface area contributed by atoms with Crippen LogP contribution in [0, 0.1) is 5.41 Å². The van der Waals surface area contributed by atoms with Crippen LogP contribution in [0.3, 0.4) is 0 Å². The van der Waals surface area contributed by atoms with E-state index in [1.807, 2.05) is 0 Å². The topological polar surface area (TPSA) is 70.8 Å². The molecule has 6 heteroatoms. The van der Waals surface area contributed by atoms with Crippen molar-refractivity contribution in [2.24, 2.45) is 5.41 Å². The standard InChI is InChI=1S/C20H26N2O4/c23-17(16-8-4-13-26-16)18(24)21-12-10-20(14-21)9-5-11-22(19(20)25)15-6-2-1-3-7-15/h4,8,13,15H,1-3,5-7,9-12,14H2/t20-/m0/s1. The van der Waals surface area contributed by atoms with Gasteiger partial charge in [0, 0.05) is 25.7 Å². The van der Waals surface area contributed by atoms with E-state index < -0.39 is 17.1 Å². The van der Waals surface area contributed by atoms with Crippen LogP contribution in [0.25, 0.3) is 0 Å². The number of likely N-dealkylation sites (tertiary alicyclic amines) is 2. The van der Waals surface area contributed by atoms with E-state index in [9.17, 15) is 14.4 Å². The lowest BCUT2D eigenvalue weighted by Gasteiger charge is -2.44. The fourth-order valence-electron chi connectivity index (χ4n) is 4.92. The fourth-order valence-corrected chi connectivity index (χ4v) is 4.92. The molecule has 0 N–H and O–H groups in total. The number of hydrogen-bond donors (Lipinski definition) is 0. The molecule has 4 rings (SSSR count). The Morgan fingerprint density at radius 2 is 1.88 bits per heavy atom. The van der Waals surface area contributed by atoms with Gasteiger partial charge in [-0.2, -0.15) is 0 Å². The third-order valence-electron chi connectivity index (χ3n) is 6.36. The Balaban J connectivity index is 1.46. The molecule has 1 saturated carbocycles. The van der Waals surface area contributed by atoms with Crippen molar-refractivity contribution in [2.45, 2.75) is 57.4 Å². The molecule has 0 radical (unpaired) electrons. The van der Waals surface area contributed by atoms with Gasteiger partial charge in [0.1, 0.15) is 0 Å². The maximum atomic E-state index is 13.3. The number of Topliss-reactive ketones (excluding diaryl/α,β-unsaturated/α-hetero) is 1.